The number of hydrogen-bond donors (Lipinski definition) is 2. The van der Waals surface area contributed by atoms with Crippen LogP contribution in [0.15, 0.2) is 0 Å². The number of aryl methyl sites for hydroxylation is 1. The topological polar surface area (TPSA) is 79.9 Å². The molecule has 2 N–H and O–H groups in total. The predicted molar refractivity (Wildman–Crippen MR) is 59.2 cm³/mol. The van der Waals surface area contributed by atoms with E-state index in [2.05, 4.69) is 20.5 Å². The Labute approximate surface area is 94.8 Å². The summed E-state index contributed by atoms with van der Waals surface area (Å²) >= 11 is 0. The monoisotopic (exact) mass is 226 g/mol. The van der Waals surface area contributed by atoms with Crippen molar-refractivity contribution in [3.05, 3.63) is 11.6 Å². The van der Waals surface area contributed by atoms with E-state index < -0.39 is 0 Å². The van der Waals surface area contributed by atoms with Crippen molar-refractivity contribution in [1.29, 1.82) is 0 Å². The zero-order chi connectivity index (χ0) is 12.0. The number of hydrogen-bond acceptors (Lipinski definition) is 4. The number of aromatic nitrogens is 3. The van der Waals surface area contributed by atoms with E-state index in [0.29, 0.717) is 19.0 Å². The highest BCUT2D eigenvalue weighted by molar-refractivity contribution is 5.90. The zero-order valence-corrected chi connectivity index (χ0v) is 9.91. The summed E-state index contributed by atoms with van der Waals surface area (Å²) in [5.74, 6) is 0.617. The Morgan fingerprint density at radius 2 is 2.31 bits per heavy atom. The molecule has 0 aliphatic heterocycles. The van der Waals surface area contributed by atoms with Crippen LogP contribution in [0.1, 0.15) is 37.2 Å². The molecule has 0 aromatic carbocycles. The molecule has 1 rings (SSSR count). The lowest BCUT2D eigenvalue weighted by molar-refractivity contribution is 0.0862. The predicted octanol–water partition coefficient (Wildman–Crippen LogP) is 0.522. The van der Waals surface area contributed by atoms with Crippen molar-refractivity contribution < 1.29 is 9.53 Å². The molecule has 0 fully saturated rings. The third kappa shape index (κ3) is 3.62. The van der Waals surface area contributed by atoms with Crippen molar-refractivity contribution in [3.8, 4) is 0 Å². The fourth-order valence-corrected chi connectivity index (χ4v) is 1.18. The minimum atomic E-state index is -0.275. The lowest BCUT2D eigenvalue weighted by Gasteiger charge is -2.11. The summed E-state index contributed by atoms with van der Waals surface area (Å²) in [5.41, 5.74) is 0. The van der Waals surface area contributed by atoms with Crippen molar-refractivity contribution in [1.82, 2.24) is 20.5 Å². The first-order valence-corrected chi connectivity index (χ1v) is 5.47. The van der Waals surface area contributed by atoms with Gasteiger partial charge in [-0.1, -0.05) is 6.92 Å². The highest BCUT2D eigenvalue weighted by atomic mass is 16.5. The molecule has 1 unspecified atom stereocenters. The van der Waals surface area contributed by atoms with Crippen LogP contribution in [0.2, 0.25) is 0 Å². The van der Waals surface area contributed by atoms with E-state index in [-0.39, 0.29) is 17.8 Å². The molecule has 0 bridgehead atoms. The average molecular weight is 226 g/mol. The van der Waals surface area contributed by atoms with Gasteiger partial charge in [-0.05, 0) is 13.8 Å². The fraction of sp³-hybridized carbons (Fsp3) is 0.700. The van der Waals surface area contributed by atoms with Crippen LogP contribution in [0.25, 0.3) is 0 Å². The van der Waals surface area contributed by atoms with Gasteiger partial charge in [0.2, 0.25) is 5.82 Å². The Morgan fingerprint density at radius 1 is 1.56 bits per heavy atom. The lowest BCUT2D eigenvalue weighted by Crippen LogP contribution is -2.36. The molecule has 6 nitrogen and oxygen atoms in total. The second-order valence-electron chi connectivity index (χ2n) is 3.49. The SMILES string of the molecule is CCOCC(C)NC(=O)c1n[nH]c(CC)n1. The summed E-state index contributed by atoms with van der Waals surface area (Å²) in [7, 11) is 0. The molecule has 1 aromatic rings. The van der Waals surface area contributed by atoms with E-state index in [1.165, 1.54) is 0 Å². The second-order valence-corrected chi connectivity index (χ2v) is 3.49. The van der Waals surface area contributed by atoms with Gasteiger partial charge >= 0.3 is 0 Å². The van der Waals surface area contributed by atoms with E-state index in [1.807, 2.05) is 20.8 Å². The smallest absolute Gasteiger partial charge is 0.291 e. The maximum Gasteiger partial charge on any atom is 0.291 e. The van der Waals surface area contributed by atoms with Crippen LogP contribution in [0.4, 0.5) is 0 Å². The molecule has 16 heavy (non-hydrogen) atoms. The van der Waals surface area contributed by atoms with E-state index in [4.69, 9.17) is 4.74 Å². The Hall–Kier alpha value is -1.43. The van der Waals surface area contributed by atoms with Gasteiger partial charge < -0.3 is 10.1 Å². The summed E-state index contributed by atoms with van der Waals surface area (Å²) in [4.78, 5) is 15.7. The number of ether oxygens (including phenoxy) is 1. The third-order valence-electron chi connectivity index (χ3n) is 2.02. The second kappa shape index (κ2) is 6.22. The van der Waals surface area contributed by atoms with Crippen LogP contribution in [-0.4, -0.2) is 40.3 Å². The highest BCUT2D eigenvalue weighted by Crippen LogP contribution is 1.94. The molecular weight excluding hydrogens is 208 g/mol. The van der Waals surface area contributed by atoms with Crippen LogP contribution in [-0.2, 0) is 11.2 Å². The molecule has 1 heterocycles. The molecule has 1 atom stereocenters. The van der Waals surface area contributed by atoms with Gasteiger partial charge in [-0.2, -0.15) is 0 Å². The van der Waals surface area contributed by atoms with E-state index in [1.54, 1.807) is 0 Å². The average Bonchev–Trinajstić information content (AvgIpc) is 2.74. The Bertz CT molecular complexity index is 337. The van der Waals surface area contributed by atoms with Crippen molar-refractivity contribution >= 4 is 5.91 Å². The molecule has 6 heteroatoms. The Morgan fingerprint density at radius 3 is 2.88 bits per heavy atom. The molecule has 90 valence electrons. The minimum Gasteiger partial charge on any atom is -0.380 e. The van der Waals surface area contributed by atoms with Crippen molar-refractivity contribution in [2.45, 2.75) is 33.2 Å². The Kier molecular flexibility index (Phi) is 4.91. The molecule has 0 saturated carbocycles. The summed E-state index contributed by atoms with van der Waals surface area (Å²) in [6.45, 7) is 6.87. The molecule has 1 aromatic heterocycles. The zero-order valence-electron chi connectivity index (χ0n) is 9.91. The van der Waals surface area contributed by atoms with Gasteiger partial charge in [0.15, 0.2) is 0 Å². The lowest BCUT2D eigenvalue weighted by atomic mass is 10.3. The molecule has 0 saturated heterocycles. The van der Waals surface area contributed by atoms with Gasteiger partial charge in [0, 0.05) is 19.1 Å². The highest BCUT2D eigenvalue weighted by Gasteiger charge is 2.14. The van der Waals surface area contributed by atoms with Gasteiger partial charge in [-0.3, -0.25) is 9.89 Å². The summed E-state index contributed by atoms with van der Waals surface area (Å²) < 4.78 is 5.20. The van der Waals surface area contributed by atoms with Crippen LogP contribution >= 0.6 is 0 Å². The number of aromatic amines is 1. The van der Waals surface area contributed by atoms with E-state index in [9.17, 15) is 4.79 Å². The normalized spacial score (nSPS) is 12.4. The summed E-state index contributed by atoms with van der Waals surface area (Å²) in [5, 5.41) is 9.29. The molecule has 0 aliphatic rings. The standard InChI is InChI=1S/C10H18N4O2/c1-4-8-12-9(14-13-8)10(15)11-7(3)6-16-5-2/h7H,4-6H2,1-3H3,(H,11,15)(H,12,13,14). The minimum absolute atomic E-state index is 0.0453. The Balaban J connectivity index is 2.45. The van der Waals surface area contributed by atoms with Crippen LogP contribution in [0.5, 0.6) is 0 Å². The van der Waals surface area contributed by atoms with Crippen LogP contribution in [0, 0.1) is 0 Å². The fourth-order valence-electron chi connectivity index (χ4n) is 1.18. The van der Waals surface area contributed by atoms with E-state index in [0.717, 1.165) is 6.42 Å². The summed E-state index contributed by atoms with van der Waals surface area (Å²) in [6.07, 6.45) is 0.731. The van der Waals surface area contributed by atoms with Crippen molar-refractivity contribution in [3.63, 3.8) is 0 Å². The number of rotatable bonds is 6. The van der Waals surface area contributed by atoms with Crippen molar-refractivity contribution in [2.75, 3.05) is 13.2 Å². The van der Waals surface area contributed by atoms with Crippen LogP contribution < -0.4 is 5.32 Å². The number of carbonyl (C=O) groups is 1. The third-order valence-corrected chi connectivity index (χ3v) is 2.02. The van der Waals surface area contributed by atoms with Gasteiger partial charge in [-0.15, -0.1) is 5.10 Å². The molecule has 0 spiro atoms. The van der Waals surface area contributed by atoms with Gasteiger partial charge in [0.05, 0.1) is 6.61 Å². The van der Waals surface area contributed by atoms with Crippen molar-refractivity contribution in [2.24, 2.45) is 0 Å². The first kappa shape index (κ1) is 12.6. The van der Waals surface area contributed by atoms with Gasteiger partial charge in [-0.25, -0.2) is 4.98 Å². The number of carbonyl (C=O) groups excluding carboxylic acids is 1. The first-order chi connectivity index (χ1) is 7.67. The number of nitrogens with one attached hydrogen (secondary N) is 2. The maximum absolute atomic E-state index is 11.6. The molecule has 0 radical (unpaired) electrons. The molecular formula is C10H18N4O2. The molecule has 1 amide bonds. The first-order valence-electron chi connectivity index (χ1n) is 5.47. The van der Waals surface area contributed by atoms with E-state index >= 15 is 0 Å². The summed E-state index contributed by atoms with van der Waals surface area (Å²) in [6, 6.07) is -0.0453. The largest absolute Gasteiger partial charge is 0.380 e. The molecule has 0 aliphatic carbocycles. The number of H-pyrrole nitrogens is 1. The number of nitrogens with zero attached hydrogens (tertiary/aromatic N) is 2. The van der Waals surface area contributed by atoms with Crippen LogP contribution in [0.3, 0.4) is 0 Å². The number of amides is 1. The van der Waals surface area contributed by atoms with Gasteiger partial charge in [0.1, 0.15) is 5.82 Å². The quantitative estimate of drug-likeness (QED) is 0.741. The van der Waals surface area contributed by atoms with Gasteiger partial charge in [0.25, 0.3) is 5.91 Å². The maximum atomic E-state index is 11.6.